The van der Waals surface area contributed by atoms with Crippen molar-refractivity contribution in [1.82, 2.24) is 0 Å². The van der Waals surface area contributed by atoms with Crippen LogP contribution >= 0.6 is 0 Å². The first-order valence-electron chi connectivity index (χ1n) is 7.82. The molecule has 0 fully saturated rings. The average molecular weight is 283 g/mol. The van der Waals surface area contributed by atoms with Gasteiger partial charge in [-0.25, -0.2) is 0 Å². The molecule has 0 bridgehead atoms. The van der Waals surface area contributed by atoms with Gasteiger partial charge in [-0.1, -0.05) is 44.5 Å². The van der Waals surface area contributed by atoms with E-state index in [4.69, 9.17) is 10.5 Å². The van der Waals surface area contributed by atoms with E-state index in [-0.39, 0.29) is 6.04 Å². The van der Waals surface area contributed by atoms with Crippen molar-refractivity contribution >= 4 is 0 Å². The number of hydrogen-bond acceptors (Lipinski definition) is 2. The first-order valence-corrected chi connectivity index (χ1v) is 7.82. The minimum absolute atomic E-state index is 0.216. The number of ether oxygens (including phenoxy) is 1. The number of hydrogen-bond donors (Lipinski definition) is 1. The molecule has 2 aromatic carbocycles. The van der Waals surface area contributed by atoms with E-state index in [9.17, 15) is 0 Å². The average Bonchev–Trinajstić information content (AvgIpc) is 2.50. The second kappa shape index (κ2) is 7.84. The van der Waals surface area contributed by atoms with Crippen molar-refractivity contribution < 1.29 is 4.74 Å². The molecule has 2 heteroatoms. The van der Waals surface area contributed by atoms with Gasteiger partial charge in [-0.2, -0.15) is 0 Å². The van der Waals surface area contributed by atoms with Crippen LogP contribution in [0.15, 0.2) is 48.5 Å². The van der Waals surface area contributed by atoms with Gasteiger partial charge in [0.05, 0.1) is 0 Å². The predicted molar refractivity (Wildman–Crippen MR) is 88.9 cm³/mol. The molecule has 0 heterocycles. The Morgan fingerprint density at radius 2 is 1.71 bits per heavy atom. The topological polar surface area (TPSA) is 35.2 Å². The molecule has 1 unspecified atom stereocenters. The Morgan fingerprint density at radius 3 is 2.38 bits per heavy atom. The van der Waals surface area contributed by atoms with E-state index in [0.717, 1.165) is 30.8 Å². The van der Waals surface area contributed by atoms with Crippen LogP contribution in [0.5, 0.6) is 11.5 Å². The van der Waals surface area contributed by atoms with Crippen molar-refractivity contribution in [3.05, 3.63) is 59.7 Å². The minimum atomic E-state index is 0.216. The normalized spacial score (nSPS) is 12.1. The zero-order valence-electron chi connectivity index (χ0n) is 13.0. The fourth-order valence-electron chi connectivity index (χ4n) is 2.33. The monoisotopic (exact) mass is 283 g/mol. The lowest BCUT2D eigenvalue weighted by Crippen LogP contribution is -2.21. The van der Waals surface area contributed by atoms with Crippen LogP contribution < -0.4 is 10.5 Å². The lowest BCUT2D eigenvalue weighted by atomic mass is 10.0. The van der Waals surface area contributed by atoms with Gasteiger partial charge < -0.3 is 10.5 Å². The molecule has 1 atom stereocenters. The Bertz CT molecular complexity index is 548. The molecule has 2 nitrogen and oxygen atoms in total. The molecule has 2 aromatic rings. The van der Waals surface area contributed by atoms with Crippen molar-refractivity contribution in [3.8, 4) is 11.5 Å². The molecule has 0 aromatic heterocycles. The highest BCUT2D eigenvalue weighted by Gasteiger charge is 2.04. The molecule has 0 saturated heterocycles. The standard InChI is InChI=1S/C19H25NO/c1-3-6-15-9-11-18(12-10-15)21-19-8-5-7-16(14-19)13-17(20)4-2/h5,7-12,14,17H,3-4,6,13,20H2,1-2H3. The summed E-state index contributed by atoms with van der Waals surface area (Å²) in [6.45, 7) is 4.31. The van der Waals surface area contributed by atoms with Crippen LogP contribution in [0.1, 0.15) is 37.8 Å². The van der Waals surface area contributed by atoms with E-state index in [0.29, 0.717) is 0 Å². The number of rotatable bonds is 7. The second-order valence-corrected chi connectivity index (χ2v) is 5.52. The van der Waals surface area contributed by atoms with Crippen molar-refractivity contribution in [2.75, 3.05) is 0 Å². The van der Waals surface area contributed by atoms with E-state index < -0.39 is 0 Å². The van der Waals surface area contributed by atoms with Gasteiger partial charge in [0.2, 0.25) is 0 Å². The van der Waals surface area contributed by atoms with E-state index in [2.05, 4.69) is 38.1 Å². The van der Waals surface area contributed by atoms with Gasteiger partial charge in [-0.3, -0.25) is 0 Å². The van der Waals surface area contributed by atoms with Crippen molar-refractivity contribution in [1.29, 1.82) is 0 Å². The summed E-state index contributed by atoms with van der Waals surface area (Å²) < 4.78 is 5.93. The van der Waals surface area contributed by atoms with Crippen LogP contribution in [0.4, 0.5) is 0 Å². The fourth-order valence-corrected chi connectivity index (χ4v) is 2.33. The highest BCUT2D eigenvalue weighted by atomic mass is 16.5. The molecule has 0 aliphatic carbocycles. The fraction of sp³-hybridized carbons (Fsp3) is 0.368. The first kappa shape index (κ1) is 15.6. The summed E-state index contributed by atoms with van der Waals surface area (Å²) in [5.41, 5.74) is 8.59. The summed E-state index contributed by atoms with van der Waals surface area (Å²) in [6.07, 6.45) is 4.16. The molecule has 0 radical (unpaired) electrons. The van der Waals surface area contributed by atoms with Crippen LogP contribution in [-0.2, 0) is 12.8 Å². The van der Waals surface area contributed by atoms with E-state index in [1.54, 1.807) is 0 Å². The van der Waals surface area contributed by atoms with Crippen LogP contribution in [-0.4, -0.2) is 6.04 Å². The zero-order valence-corrected chi connectivity index (χ0v) is 13.0. The first-order chi connectivity index (χ1) is 10.2. The van der Waals surface area contributed by atoms with Gasteiger partial charge in [-0.05, 0) is 54.7 Å². The zero-order chi connectivity index (χ0) is 15.1. The van der Waals surface area contributed by atoms with Gasteiger partial charge in [0.1, 0.15) is 11.5 Å². The largest absolute Gasteiger partial charge is 0.457 e. The van der Waals surface area contributed by atoms with Crippen LogP contribution in [0, 0.1) is 0 Å². The van der Waals surface area contributed by atoms with Crippen LogP contribution in [0.3, 0.4) is 0 Å². The van der Waals surface area contributed by atoms with Crippen LogP contribution in [0.25, 0.3) is 0 Å². The van der Waals surface area contributed by atoms with Crippen LogP contribution in [0.2, 0.25) is 0 Å². The summed E-state index contributed by atoms with van der Waals surface area (Å²) in [5.74, 6) is 1.76. The molecule has 112 valence electrons. The lowest BCUT2D eigenvalue weighted by molar-refractivity contribution is 0.481. The summed E-state index contributed by atoms with van der Waals surface area (Å²) in [7, 11) is 0. The van der Waals surface area contributed by atoms with E-state index >= 15 is 0 Å². The summed E-state index contributed by atoms with van der Waals surface area (Å²) in [4.78, 5) is 0. The van der Waals surface area contributed by atoms with Crippen molar-refractivity contribution in [2.24, 2.45) is 5.73 Å². The Kier molecular flexibility index (Phi) is 5.82. The number of nitrogens with two attached hydrogens (primary N) is 1. The maximum Gasteiger partial charge on any atom is 0.127 e. The SMILES string of the molecule is CCCc1ccc(Oc2cccc(CC(N)CC)c2)cc1. The van der Waals surface area contributed by atoms with Gasteiger partial charge in [-0.15, -0.1) is 0 Å². The van der Waals surface area contributed by atoms with E-state index in [1.807, 2.05) is 24.3 Å². The molecule has 0 saturated carbocycles. The third-order valence-electron chi connectivity index (χ3n) is 3.62. The van der Waals surface area contributed by atoms with Gasteiger partial charge in [0.15, 0.2) is 0 Å². The lowest BCUT2D eigenvalue weighted by Gasteiger charge is -2.11. The Balaban J connectivity index is 2.03. The number of aryl methyl sites for hydroxylation is 1. The van der Waals surface area contributed by atoms with Gasteiger partial charge in [0.25, 0.3) is 0 Å². The highest BCUT2D eigenvalue weighted by Crippen LogP contribution is 2.23. The minimum Gasteiger partial charge on any atom is -0.457 e. The molecule has 0 aliphatic rings. The van der Waals surface area contributed by atoms with Gasteiger partial charge in [0, 0.05) is 6.04 Å². The highest BCUT2D eigenvalue weighted by molar-refractivity contribution is 5.35. The molecule has 2 rings (SSSR count). The third kappa shape index (κ3) is 4.91. The van der Waals surface area contributed by atoms with Crippen molar-refractivity contribution in [3.63, 3.8) is 0 Å². The molecule has 0 amide bonds. The molecule has 2 N–H and O–H groups in total. The Morgan fingerprint density at radius 1 is 0.952 bits per heavy atom. The molecule has 21 heavy (non-hydrogen) atoms. The summed E-state index contributed by atoms with van der Waals surface area (Å²) in [5, 5.41) is 0. The maximum absolute atomic E-state index is 6.01. The molecular formula is C19H25NO. The summed E-state index contributed by atoms with van der Waals surface area (Å²) >= 11 is 0. The smallest absolute Gasteiger partial charge is 0.127 e. The predicted octanol–water partition coefficient (Wildman–Crippen LogP) is 4.71. The maximum atomic E-state index is 6.01. The van der Waals surface area contributed by atoms with E-state index in [1.165, 1.54) is 17.5 Å². The quantitative estimate of drug-likeness (QED) is 0.798. The third-order valence-corrected chi connectivity index (χ3v) is 3.62. The molecular weight excluding hydrogens is 258 g/mol. The van der Waals surface area contributed by atoms with Gasteiger partial charge >= 0.3 is 0 Å². The molecule has 0 aliphatic heterocycles. The second-order valence-electron chi connectivity index (χ2n) is 5.52. The van der Waals surface area contributed by atoms with Crippen molar-refractivity contribution in [2.45, 2.75) is 45.6 Å². The Hall–Kier alpha value is -1.80. The summed E-state index contributed by atoms with van der Waals surface area (Å²) in [6, 6.07) is 16.8. The number of benzene rings is 2. The Labute approximate surface area is 127 Å². The molecule has 0 spiro atoms.